The summed E-state index contributed by atoms with van der Waals surface area (Å²) in [5.41, 5.74) is 1.59. The third-order valence-corrected chi connectivity index (χ3v) is 3.53. The average molecular weight is 221 g/mol. The Labute approximate surface area is 98.3 Å². The first-order valence-corrected chi connectivity index (χ1v) is 6.28. The second kappa shape index (κ2) is 4.58. The second-order valence-electron chi connectivity index (χ2n) is 5.91. The lowest BCUT2D eigenvalue weighted by atomic mass is 9.90. The third kappa shape index (κ3) is 2.85. The monoisotopic (exact) mass is 221 g/mol. The molecular weight excluding hydrogens is 198 g/mol. The van der Waals surface area contributed by atoms with Crippen LogP contribution in [0.3, 0.4) is 0 Å². The summed E-state index contributed by atoms with van der Waals surface area (Å²) < 4.78 is 0. The van der Waals surface area contributed by atoms with Gasteiger partial charge in [-0.15, -0.1) is 0 Å². The summed E-state index contributed by atoms with van der Waals surface area (Å²) in [5.74, 6) is 0.786. The lowest BCUT2D eigenvalue weighted by molar-refractivity contribution is 0.0788. The summed E-state index contributed by atoms with van der Waals surface area (Å²) in [7, 11) is 0. The second-order valence-corrected chi connectivity index (χ2v) is 5.91. The van der Waals surface area contributed by atoms with E-state index >= 15 is 0 Å². The molecule has 1 aliphatic rings. The molecule has 1 fully saturated rings. The molecule has 1 aliphatic heterocycles. The van der Waals surface area contributed by atoms with Gasteiger partial charge in [0.25, 0.3) is 0 Å². The van der Waals surface area contributed by atoms with Gasteiger partial charge in [-0.05, 0) is 52.5 Å². The normalized spacial score (nSPS) is 23.6. The number of piperidine rings is 1. The fourth-order valence-corrected chi connectivity index (χ4v) is 2.55. The van der Waals surface area contributed by atoms with Gasteiger partial charge in [-0.3, -0.25) is 4.90 Å². The van der Waals surface area contributed by atoms with Gasteiger partial charge < -0.3 is 4.98 Å². The van der Waals surface area contributed by atoms with Crippen LogP contribution in [0.4, 0.5) is 0 Å². The van der Waals surface area contributed by atoms with E-state index in [0.717, 1.165) is 12.3 Å². The first kappa shape index (κ1) is 11.6. The molecule has 1 saturated heterocycles. The highest BCUT2D eigenvalue weighted by Crippen LogP contribution is 2.25. The van der Waals surface area contributed by atoms with E-state index in [1.165, 1.54) is 31.6 Å². The summed E-state index contributed by atoms with van der Waals surface area (Å²) in [6, 6.07) is 0. The van der Waals surface area contributed by atoms with Gasteiger partial charge in [-0.1, -0.05) is 0 Å². The molecule has 0 bridgehead atoms. The van der Waals surface area contributed by atoms with Crippen LogP contribution >= 0.6 is 0 Å². The lowest BCUT2D eigenvalue weighted by Gasteiger charge is -2.41. The molecule has 0 spiro atoms. The Hall–Kier alpha value is -0.830. The van der Waals surface area contributed by atoms with Gasteiger partial charge in [0.15, 0.2) is 0 Å². The summed E-state index contributed by atoms with van der Waals surface area (Å²) in [6.45, 7) is 9.41. The van der Waals surface area contributed by atoms with Crippen LogP contribution in [0.5, 0.6) is 0 Å². The third-order valence-electron chi connectivity index (χ3n) is 3.53. The number of aromatic amines is 1. The maximum atomic E-state index is 4.09. The Morgan fingerprint density at radius 1 is 1.50 bits per heavy atom. The predicted octanol–water partition coefficient (Wildman–Crippen LogP) is 2.46. The van der Waals surface area contributed by atoms with E-state index < -0.39 is 0 Å². The van der Waals surface area contributed by atoms with E-state index in [9.17, 15) is 0 Å². The number of likely N-dealkylation sites (tertiary alicyclic amines) is 1. The van der Waals surface area contributed by atoms with E-state index in [0.29, 0.717) is 5.54 Å². The molecule has 3 nitrogen and oxygen atoms in total. The lowest BCUT2D eigenvalue weighted by Crippen LogP contribution is -2.47. The van der Waals surface area contributed by atoms with Crippen LogP contribution in [0, 0.1) is 5.92 Å². The highest BCUT2D eigenvalue weighted by Gasteiger charge is 2.27. The van der Waals surface area contributed by atoms with Crippen LogP contribution < -0.4 is 0 Å². The van der Waals surface area contributed by atoms with Gasteiger partial charge in [0.1, 0.15) is 0 Å². The molecule has 3 heteroatoms. The number of nitrogens with one attached hydrogen (secondary N) is 1. The van der Waals surface area contributed by atoms with Crippen molar-refractivity contribution >= 4 is 0 Å². The van der Waals surface area contributed by atoms with E-state index in [4.69, 9.17) is 0 Å². The maximum Gasteiger partial charge on any atom is 0.0921 e. The average Bonchev–Trinajstić information content (AvgIpc) is 2.70. The van der Waals surface area contributed by atoms with E-state index in [-0.39, 0.29) is 0 Å². The van der Waals surface area contributed by atoms with Crippen LogP contribution in [-0.2, 0) is 6.42 Å². The van der Waals surface area contributed by atoms with Gasteiger partial charge in [0, 0.05) is 24.0 Å². The number of rotatable bonds is 2. The molecule has 1 unspecified atom stereocenters. The van der Waals surface area contributed by atoms with Gasteiger partial charge in [0.05, 0.1) is 6.33 Å². The molecule has 1 aromatic heterocycles. The molecule has 2 heterocycles. The molecule has 0 saturated carbocycles. The summed E-state index contributed by atoms with van der Waals surface area (Å²) >= 11 is 0. The number of hydrogen-bond donors (Lipinski definition) is 1. The van der Waals surface area contributed by atoms with Crippen molar-refractivity contribution < 1.29 is 0 Å². The molecule has 0 aliphatic carbocycles. The SMILES string of the molecule is CC(C)(C)N1CCCC(Cc2cnc[nH]2)C1. The fraction of sp³-hybridized carbons (Fsp3) is 0.769. The van der Waals surface area contributed by atoms with Crippen LogP contribution in [0.1, 0.15) is 39.3 Å². The Morgan fingerprint density at radius 2 is 2.31 bits per heavy atom. The first-order valence-electron chi connectivity index (χ1n) is 6.28. The minimum absolute atomic E-state index is 0.312. The fourth-order valence-electron chi connectivity index (χ4n) is 2.55. The zero-order valence-electron chi connectivity index (χ0n) is 10.7. The Balaban J connectivity index is 1.92. The topological polar surface area (TPSA) is 31.9 Å². The molecular formula is C13H23N3. The van der Waals surface area contributed by atoms with Gasteiger partial charge in [0.2, 0.25) is 0 Å². The Morgan fingerprint density at radius 3 is 2.94 bits per heavy atom. The number of nitrogens with zero attached hydrogens (tertiary/aromatic N) is 2. The van der Waals surface area contributed by atoms with Crippen molar-refractivity contribution in [3.05, 3.63) is 18.2 Å². The molecule has 16 heavy (non-hydrogen) atoms. The van der Waals surface area contributed by atoms with Crippen LogP contribution in [0.2, 0.25) is 0 Å². The minimum Gasteiger partial charge on any atom is -0.348 e. The van der Waals surface area contributed by atoms with Crippen molar-refractivity contribution in [2.24, 2.45) is 5.92 Å². The standard InChI is InChI=1S/C13H23N3/c1-13(2,3)16-6-4-5-11(9-16)7-12-8-14-10-15-12/h8,10-11H,4-7,9H2,1-3H3,(H,14,15). The van der Waals surface area contributed by atoms with Crippen LogP contribution in [0.25, 0.3) is 0 Å². The Bertz CT molecular complexity index is 310. The van der Waals surface area contributed by atoms with Crippen molar-refractivity contribution in [2.75, 3.05) is 13.1 Å². The van der Waals surface area contributed by atoms with Crippen molar-refractivity contribution in [3.8, 4) is 0 Å². The van der Waals surface area contributed by atoms with Crippen LogP contribution in [-0.4, -0.2) is 33.5 Å². The summed E-state index contributed by atoms with van der Waals surface area (Å²) in [4.78, 5) is 9.90. The summed E-state index contributed by atoms with van der Waals surface area (Å²) in [6.07, 6.45) is 7.56. The maximum absolute atomic E-state index is 4.09. The van der Waals surface area contributed by atoms with Gasteiger partial charge in [-0.25, -0.2) is 4.98 Å². The number of H-pyrrole nitrogens is 1. The smallest absolute Gasteiger partial charge is 0.0921 e. The van der Waals surface area contributed by atoms with Crippen molar-refractivity contribution in [1.82, 2.24) is 14.9 Å². The van der Waals surface area contributed by atoms with E-state index in [1.54, 1.807) is 6.33 Å². The van der Waals surface area contributed by atoms with Gasteiger partial charge in [-0.2, -0.15) is 0 Å². The summed E-state index contributed by atoms with van der Waals surface area (Å²) in [5, 5.41) is 0. The van der Waals surface area contributed by atoms with E-state index in [2.05, 4.69) is 35.6 Å². The minimum atomic E-state index is 0.312. The van der Waals surface area contributed by atoms with Crippen molar-refractivity contribution in [3.63, 3.8) is 0 Å². The highest BCUT2D eigenvalue weighted by atomic mass is 15.2. The molecule has 2 rings (SSSR count). The van der Waals surface area contributed by atoms with Crippen molar-refractivity contribution in [1.29, 1.82) is 0 Å². The molecule has 90 valence electrons. The highest BCUT2D eigenvalue weighted by molar-refractivity contribution is 4.97. The Kier molecular flexibility index (Phi) is 3.33. The zero-order valence-corrected chi connectivity index (χ0v) is 10.7. The molecule has 1 N–H and O–H groups in total. The zero-order chi connectivity index (χ0) is 11.6. The first-order chi connectivity index (χ1) is 7.55. The number of aromatic nitrogens is 2. The van der Waals surface area contributed by atoms with E-state index in [1.807, 2.05) is 6.20 Å². The largest absolute Gasteiger partial charge is 0.348 e. The molecule has 1 atom stereocenters. The quantitative estimate of drug-likeness (QED) is 0.832. The molecule has 0 radical (unpaired) electrons. The van der Waals surface area contributed by atoms with Gasteiger partial charge >= 0.3 is 0 Å². The number of hydrogen-bond acceptors (Lipinski definition) is 2. The van der Waals surface area contributed by atoms with Crippen LogP contribution in [0.15, 0.2) is 12.5 Å². The number of imidazole rings is 1. The molecule has 0 amide bonds. The molecule has 0 aromatic carbocycles. The van der Waals surface area contributed by atoms with Crippen molar-refractivity contribution in [2.45, 2.75) is 45.6 Å². The molecule has 1 aromatic rings. The predicted molar refractivity (Wildman–Crippen MR) is 66.3 cm³/mol.